The van der Waals surface area contributed by atoms with Crippen molar-refractivity contribution in [1.82, 2.24) is 15.4 Å². The molecule has 0 fully saturated rings. The zero-order valence-electron chi connectivity index (χ0n) is 10.7. The van der Waals surface area contributed by atoms with Gasteiger partial charge in [0.25, 0.3) is 5.91 Å². The van der Waals surface area contributed by atoms with Gasteiger partial charge in [-0.15, -0.1) is 0 Å². The van der Waals surface area contributed by atoms with Crippen LogP contribution in [0.25, 0.3) is 0 Å². The lowest BCUT2D eigenvalue weighted by Gasteiger charge is -2.07. The molecule has 2 N–H and O–H groups in total. The summed E-state index contributed by atoms with van der Waals surface area (Å²) in [6.07, 6.45) is 0. The van der Waals surface area contributed by atoms with Crippen molar-refractivity contribution in [2.75, 3.05) is 5.32 Å². The van der Waals surface area contributed by atoms with E-state index in [1.165, 1.54) is 5.56 Å². The Labute approximate surface area is 106 Å². The summed E-state index contributed by atoms with van der Waals surface area (Å²) in [4.78, 5) is 11.9. The molecule has 0 spiro atoms. The highest BCUT2D eigenvalue weighted by Gasteiger charge is 2.13. The summed E-state index contributed by atoms with van der Waals surface area (Å²) in [5, 5.41) is 12.8. The maximum absolute atomic E-state index is 11.9. The maximum atomic E-state index is 11.9. The SMILES string of the molecule is Cc1n[nH]nc1C(=O)Nc1ccc(C(C)C)cc1. The normalized spacial score (nSPS) is 10.7. The zero-order chi connectivity index (χ0) is 13.1. The Balaban J connectivity index is 2.10. The zero-order valence-corrected chi connectivity index (χ0v) is 10.7. The fraction of sp³-hybridized carbons (Fsp3) is 0.308. The number of H-pyrrole nitrogens is 1. The molecular weight excluding hydrogens is 228 g/mol. The Morgan fingerprint density at radius 1 is 1.22 bits per heavy atom. The van der Waals surface area contributed by atoms with Crippen molar-refractivity contribution in [2.24, 2.45) is 0 Å². The topological polar surface area (TPSA) is 70.7 Å². The van der Waals surface area contributed by atoms with Crippen molar-refractivity contribution in [3.05, 3.63) is 41.2 Å². The van der Waals surface area contributed by atoms with E-state index in [0.717, 1.165) is 5.69 Å². The standard InChI is InChI=1S/C13H16N4O/c1-8(2)10-4-6-11(7-5-10)14-13(18)12-9(3)15-17-16-12/h4-8H,1-3H3,(H,14,18)(H,15,16,17). The molecule has 94 valence electrons. The average molecular weight is 244 g/mol. The number of carbonyl (C=O) groups excluding carboxylic acids is 1. The molecule has 0 aliphatic carbocycles. The van der Waals surface area contributed by atoms with Gasteiger partial charge in [-0.05, 0) is 30.5 Å². The van der Waals surface area contributed by atoms with Crippen LogP contribution < -0.4 is 5.32 Å². The van der Waals surface area contributed by atoms with Crippen LogP contribution in [0.5, 0.6) is 0 Å². The number of carbonyl (C=O) groups is 1. The van der Waals surface area contributed by atoms with Gasteiger partial charge < -0.3 is 5.32 Å². The van der Waals surface area contributed by atoms with Gasteiger partial charge >= 0.3 is 0 Å². The third kappa shape index (κ3) is 2.56. The van der Waals surface area contributed by atoms with Crippen molar-refractivity contribution in [3.8, 4) is 0 Å². The van der Waals surface area contributed by atoms with Crippen molar-refractivity contribution >= 4 is 11.6 Å². The van der Waals surface area contributed by atoms with Crippen LogP contribution >= 0.6 is 0 Å². The third-order valence-electron chi connectivity index (χ3n) is 2.77. The molecule has 0 bridgehead atoms. The molecule has 0 aliphatic rings. The van der Waals surface area contributed by atoms with E-state index in [9.17, 15) is 4.79 Å². The maximum Gasteiger partial charge on any atom is 0.278 e. The molecule has 1 amide bonds. The second-order valence-corrected chi connectivity index (χ2v) is 4.49. The first-order valence-corrected chi connectivity index (χ1v) is 5.86. The Bertz CT molecular complexity index is 542. The van der Waals surface area contributed by atoms with Gasteiger partial charge in [0, 0.05) is 5.69 Å². The highest BCUT2D eigenvalue weighted by molar-refractivity contribution is 6.03. The minimum absolute atomic E-state index is 0.251. The van der Waals surface area contributed by atoms with Gasteiger partial charge in [-0.2, -0.15) is 15.4 Å². The van der Waals surface area contributed by atoms with Crippen molar-refractivity contribution in [3.63, 3.8) is 0 Å². The van der Waals surface area contributed by atoms with Crippen LogP contribution in [-0.2, 0) is 0 Å². The van der Waals surface area contributed by atoms with Crippen LogP contribution in [0, 0.1) is 6.92 Å². The lowest BCUT2D eigenvalue weighted by Crippen LogP contribution is -2.13. The first-order valence-electron chi connectivity index (χ1n) is 5.86. The van der Waals surface area contributed by atoms with Crippen LogP contribution in [0.1, 0.15) is 41.5 Å². The van der Waals surface area contributed by atoms with E-state index in [1.807, 2.05) is 24.3 Å². The van der Waals surface area contributed by atoms with E-state index in [-0.39, 0.29) is 5.91 Å². The van der Waals surface area contributed by atoms with E-state index >= 15 is 0 Å². The molecule has 0 saturated heterocycles. The Morgan fingerprint density at radius 3 is 2.39 bits per heavy atom. The molecule has 5 nitrogen and oxygen atoms in total. The van der Waals surface area contributed by atoms with Gasteiger partial charge in [0.2, 0.25) is 0 Å². The number of nitrogens with one attached hydrogen (secondary N) is 2. The van der Waals surface area contributed by atoms with Gasteiger partial charge in [0.05, 0.1) is 5.69 Å². The van der Waals surface area contributed by atoms with Crippen molar-refractivity contribution in [2.45, 2.75) is 26.7 Å². The Morgan fingerprint density at radius 2 is 1.89 bits per heavy atom. The second-order valence-electron chi connectivity index (χ2n) is 4.49. The molecule has 18 heavy (non-hydrogen) atoms. The van der Waals surface area contributed by atoms with Gasteiger partial charge in [0.15, 0.2) is 5.69 Å². The first-order chi connectivity index (χ1) is 8.58. The number of aromatic amines is 1. The minimum atomic E-state index is -0.251. The molecule has 5 heteroatoms. The van der Waals surface area contributed by atoms with E-state index in [4.69, 9.17) is 0 Å². The Hall–Kier alpha value is -2.17. The highest BCUT2D eigenvalue weighted by Crippen LogP contribution is 2.17. The van der Waals surface area contributed by atoms with E-state index in [2.05, 4.69) is 34.6 Å². The lowest BCUT2D eigenvalue weighted by atomic mass is 10.0. The van der Waals surface area contributed by atoms with Gasteiger partial charge in [-0.25, -0.2) is 0 Å². The number of aryl methyl sites for hydroxylation is 1. The van der Waals surface area contributed by atoms with Gasteiger partial charge in [0.1, 0.15) is 0 Å². The molecule has 2 aromatic rings. The summed E-state index contributed by atoms with van der Waals surface area (Å²) in [5.41, 5.74) is 2.91. The lowest BCUT2D eigenvalue weighted by molar-refractivity contribution is 0.102. The molecule has 0 aliphatic heterocycles. The molecule has 0 atom stereocenters. The molecule has 0 unspecified atom stereocenters. The van der Waals surface area contributed by atoms with Crippen LogP contribution in [0.3, 0.4) is 0 Å². The predicted octanol–water partition coefficient (Wildman–Crippen LogP) is 2.49. The number of anilines is 1. The molecule has 1 aromatic heterocycles. The molecular formula is C13H16N4O. The molecule has 1 heterocycles. The summed E-state index contributed by atoms with van der Waals surface area (Å²) < 4.78 is 0. The molecule has 0 saturated carbocycles. The molecule has 0 radical (unpaired) electrons. The number of benzene rings is 1. The minimum Gasteiger partial charge on any atom is -0.321 e. The first kappa shape index (κ1) is 12.3. The number of amides is 1. The summed E-state index contributed by atoms with van der Waals surface area (Å²) in [6.45, 7) is 6.00. The number of nitrogens with zero attached hydrogens (tertiary/aromatic N) is 2. The van der Waals surface area contributed by atoms with Gasteiger partial charge in [-0.1, -0.05) is 26.0 Å². The second kappa shape index (κ2) is 5.00. The number of aromatic nitrogens is 3. The quantitative estimate of drug-likeness (QED) is 0.871. The monoisotopic (exact) mass is 244 g/mol. The largest absolute Gasteiger partial charge is 0.321 e. The molecule has 2 rings (SSSR count). The van der Waals surface area contributed by atoms with Crippen molar-refractivity contribution in [1.29, 1.82) is 0 Å². The summed E-state index contributed by atoms with van der Waals surface area (Å²) in [6, 6.07) is 7.80. The number of hydrogen-bond donors (Lipinski definition) is 2. The fourth-order valence-corrected chi connectivity index (χ4v) is 1.64. The van der Waals surface area contributed by atoms with Crippen LogP contribution in [-0.4, -0.2) is 21.3 Å². The van der Waals surface area contributed by atoms with E-state index < -0.39 is 0 Å². The average Bonchev–Trinajstić information content (AvgIpc) is 2.76. The van der Waals surface area contributed by atoms with Crippen molar-refractivity contribution < 1.29 is 4.79 Å². The van der Waals surface area contributed by atoms with E-state index in [1.54, 1.807) is 6.92 Å². The van der Waals surface area contributed by atoms with Crippen LogP contribution in [0.2, 0.25) is 0 Å². The third-order valence-corrected chi connectivity index (χ3v) is 2.77. The number of rotatable bonds is 3. The fourth-order valence-electron chi connectivity index (χ4n) is 1.64. The predicted molar refractivity (Wildman–Crippen MR) is 69.6 cm³/mol. The molecule has 1 aromatic carbocycles. The van der Waals surface area contributed by atoms with Gasteiger partial charge in [-0.3, -0.25) is 4.79 Å². The smallest absolute Gasteiger partial charge is 0.278 e. The summed E-state index contributed by atoms with van der Waals surface area (Å²) in [7, 11) is 0. The Kier molecular flexibility index (Phi) is 3.41. The summed E-state index contributed by atoms with van der Waals surface area (Å²) >= 11 is 0. The summed E-state index contributed by atoms with van der Waals surface area (Å²) in [5.74, 6) is 0.228. The van der Waals surface area contributed by atoms with Crippen LogP contribution in [0.15, 0.2) is 24.3 Å². The van der Waals surface area contributed by atoms with Crippen LogP contribution in [0.4, 0.5) is 5.69 Å². The highest BCUT2D eigenvalue weighted by atomic mass is 16.2. The number of hydrogen-bond acceptors (Lipinski definition) is 3. The van der Waals surface area contributed by atoms with E-state index in [0.29, 0.717) is 17.3 Å².